The minimum atomic E-state index is -1.65. The molecular formula is C25H21F3N2O2. The fraction of sp³-hybridized carbons (Fsp3) is 0.200. The molecule has 0 saturated heterocycles. The molecule has 4 rings (SSSR count). The first-order valence-electron chi connectivity index (χ1n) is 10.0. The van der Waals surface area contributed by atoms with Gasteiger partial charge < -0.3 is 9.67 Å². The summed E-state index contributed by atoms with van der Waals surface area (Å²) in [5.41, 5.74) is 0.604. The molecule has 0 aromatic heterocycles. The summed E-state index contributed by atoms with van der Waals surface area (Å²) in [5.74, 6) is -3.01. The quantitative estimate of drug-likeness (QED) is 0.375. The summed E-state index contributed by atoms with van der Waals surface area (Å²) in [4.78, 5) is 15.4. The van der Waals surface area contributed by atoms with Crippen LogP contribution in [-0.2, 0) is 11.3 Å². The van der Waals surface area contributed by atoms with Crippen LogP contribution >= 0.6 is 0 Å². The second-order valence-electron chi connectivity index (χ2n) is 8.36. The van der Waals surface area contributed by atoms with Gasteiger partial charge in [0.05, 0.1) is 29.0 Å². The van der Waals surface area contributed by atoms with Crippen LogP contribution in [0.2, 0.25) is 0 Å². The molecule has 2 heterocycles. The predicted molar refractivity (Wildman–Crippen MR) is 118 cm³/mol. The standard InChI is InChI=1S/C25H21F3N2O2/c1-14-10-17-16-6-4-5-7-20(16)29-23(17)24(30(14)13-25(2,3)28)22-18(26)11-15(12-19(22)27)8-9-21(31)32/h4-12H,13H2,1-3H3,(H,31,32)/b9-8+. The third-order valence-corrected chi connectivity index (χ3v) is 5.21. The van der Waals surface area contributed by atoms with E-state index < -0.39 is 23.3 Å². The second kappa shape index (κ2) is 7.82. The molecular weight excluding hydrogens is 417 g/mol. The normalized spacial score (nSPS) is 12.3. The van der Waals surface area contributed by atoms with E-state index in [0.29, 0.717) is 16.9 Å². The molecule has 0 fully saturated rings. The Bertz CT molecular complexity index is 1330. The fourth-order valence-electron chi connectivity index (χ4n) is 3.94. The number of benzene rings is 2. The summed E-state index contributed by atoms with van der Waals surface area (Å²) >= 11 is 0. The molecule has 0 bridgehead atoms. The van der Waals surface area contributed by atoms with E-state index in [1.54, 1.807) is 11.5 Å². The number of carboxylic acid groups (broad SMARTS) is 1. The monoisotopic (exact) mass is 438 g/mol. The molecule has 0 amide bonds. The number of hydrogen-bond acceptors (Lipinski definition) is 2. The molecule has 4 nitrogen and oxygen atoms in total. The van der Waals surface area contributed by atoms with Crippen molar-refractivity contribution in [3.05, 3.63) is 71.4 Å². The Kier molecular flexibility index (Phi) is 5.28. The molecule has 0 radical (unpaired) electrons. The van der Waals surface area contributed by atoms with E-state index in [1.165, 1.54) is 13.8 Å². The van der Waals surface area contributed by atoms with Crippen LogP contribution in [0.4, 0.5) is 13.2 Å². The summed E-state index contributed by atoms with van der Waals surface area (Å²) in [6.07, 6.45) is 1.91. The molecule has 2 aliphatic heterocycles. The summed E-state index contributed by atoms with van der Waals surface area (Å²) in [5, 5.41) is 9.62. The van der Waals surface area contributed by atoms with Crippen LogP contribution in [0.1, 0.15) is 25.1 Å². The zero-order chi connectivity index (χ0) is 23.2. The molecule has 2 aromatic rings. The maximum absolute atomic E-state index is 15.3. The maximum Gasteiger partial charge on any atom is 0.328 e. The van der Waals surface area contributed by atoms with E-state index in [2.05, 4.69) is 4.98 Å². The predicted octanol–water partition coefficient (Wildman–Crippen LogP) is 6.24. The van der Waals surface area contributed by atoms with Crippen LogP contribution in [0.5, 0.6) is 0 Å². The summed E-state index contributed by atoms with van der Waals surface area (Å²) in [6, 6.07) is 11.3. The van der Waals surface area contributed by atoms with Crippen LogP contribution < -0.4 is 0 Å². The highest BCUT2D eigenvalue weighted by molar-refractivity contribution is 6.01. The smallest absolute Gasteiger partial charge is 0.328 e. The number of fused-ring (bicyclic) bond motifs is 3. The van der Waals surface area contributed by atoms with Crippen molar-refractivity contribution in [3.63, 3.8) is 0 Å². The van der Waals surface area contributed by atoms with Gasteiger partial charge in [-0.15, -0.1) is 0 Å². The molecule has 7 heteroatoms. The van der Waals surface area contributed by atoms with Crippen molar-refractivity contribution in [2.45, 2.75) is 33.0 Å². The van der Waals surface area contributed by atoms with Crippen LogP contribution in [0, 0.1) is 18.6 Å². The minimum absolute atomic E-state index is 0.0630. The van der Waals surface area contributed by atoms with Crippen molar-refractivity contribution in [1.82, 2.24) is 9.55 Å². The minimum Gasteiger partial charge on any atom is -0.478 e. The Labute approximate surface area is 183 Å². The van der Waals surface area contributed by atoms with Gasteiger partial charge in [0, 0.05) is 22.7 Å². The van der Waals surface area contributed by atoms with Crippen LogP contribution in [0.25, 0.3) is 39.5 Å². The van der Waals surface area contributed by atoms with Crippen molar-refractivity contribution in [2.24, 2.45) is 0 Å². The molecule has 0 unspecified atom stereocenters. The molecule has 0 atom stereocenters. The van der Waals surface area contributed by atoms with Gasteiger partial charge >= 0.3 is 5.97 Å². The number of aliphatic carboxylic acids is 1. The summed E-state index contributed by atoms with van der Waals surface area (Å²) < 4.78 is 46.8. The van der Waals surface area contributed by atoms with Gasteiger partial charge in [0.15, 0.2) is 0 Å². The van der Waals surface area contributed by atoms with Crippen molar-refractivity contribution < 1.29 is 23.1 Å². The van der Waals surface area contributed by atoms with Gasteiger partial charge in [-0.2, -0.15) is 0 Å². The first-order valence-corrected chi connectivity index (χ1v) is 10.0. The number of pyridine rings is 1. The lowest BCUT2D eigenvalue weighted by atomic mass is 9.98. The number of nitrogens with zero attached hydrogens (tertiary/aromatic N) is 2. The fourth-order valence-corrected chi connectivity index (χ4v) is 3.94. The number of carbonyl (C=O) groups is 1. The van der Waals surface area contributed by atoms with Crippen molar-refractivity contribution in [2.75, 3.05) is 0 Å². The Morgan fingerprint density at radius 3 is 2.44 bits per heavy atom. The highest BCUT2D eigenvalue weighted by Gasteiger charge is 2.28. The maximum atomic E-state index is 15.3. The molecule has 0 spiro atoms. The number of carboxylic acids is 1. The van der Waals surface area contributed by atoms with E-state index in [0.717, 1.165) is 35.2 Å². The molecule has 0 saturated carbocycles. The van der Waals surface area contributed by atoms with Crippen molar-refractivity contribution in [3.8, 4) is 22.5 Å². The van der Waals surface area contributed by atoms with E-state index in [4.69, 9.17) is 5.11 Å². The summed E-state index contributed by atoms with van der Waals surface area (Å²) in [7, 11) is 0. The lowest BCUT2D eigenvalue weighted by Gasteiger charge is -2.25. The van der Waals surface area contributed by atoms with Gasteiger partial charge in [-0.05, 0) is 56.7 Å². The Morgan fingerprint density at radius 2 is 1.81 bits per heavy atom. The Hall–Kier alpha value is -3.61. The first kappa shape index (κ1) is 21.6. The summed E-state index contributed by atoms with van der Waals surface area (Å²) in [6.45, 7) is 4.42. The Morgan fingerprint density at radius 1 is 1.16 bits per heavy atom. The van der Waals surface area contributed by atoms with Gasteiger partial charge in [-0.25, -0.2) is 22.9 Å². The van der Waals surface area contributed by atoms with E-state index in [9.17, 15) is 9.18 Å². The number of aryl methyl sites for hydroxylation is 1. The van der Waals surface area contributed by atoms with Crippen molar-refractivity contribution in [1.29, 1.82) is 0 Å². The molecule has 164 valence electrons. The third-order valence-electron chi connectivity index (χ3n) is 5.21. The van der Waals surface area contributed by atoms with Gasteiger partial charge in [0.1, 0.15) is 17.3 Å². The van der Waals surface area contributed by atoms with Crippen molar-refractivity contribution >= 4 is 22.9 Å². The molecule has 2 aromatic carbocycles. The number of rotatable bonds is 5. The van der Waals surface area contributed by atoms with Gasteiger partial charge in [0.2, 0.25) is 0 Å². The highest BCUT2D eigenvalue weighted by Crippen LogP contribution is 2.42. The van der Waals surface area contributed by atoms with E-state index in [-0.39, 0.29) is 23.4 Å². The lowest BCUT2D eigenvalue weighted by Crippen LogP contribution is -2.24. The van der Waals surface area contributed by atoms with Crippen LogP contribution in [-0.4, -0.2) is 26.3 Å². The molecule has 2 aliphatic rings. The molecule has 32 heavy (non-hydrogen) atoms. The van der Waals surface area contributed by atoms with Gasteiger partial charge in [0.25, 0.3) is 0 Å². The topological polar surface area (TPSA) is 55.1 Å². The van der Waals surface area contributed by atoms with E-state index in [1.807, 2.05) is 30.3 Å². The number of alkyl halides is 1. The Balaban J connectivity index is 2.05. The number of aromatic nitrogens is 2. The number of hydrogen-bond donors (Lipinski definition) is 1. The van der Waals surface area contributed by atoms with Crippen LogP contribution in [0.15, 0.2) is 48.5 Å². The van der Waals surface area contributed by atoms with E-state index >= 15 is 8.78 Å². The SMILES string of the molecule is Cc1cc2c3ccccc3nc-2c(-c2c(F)cc(/C=C/C(=O)O)cc2F)n1CC(C)(C)F. The van der Waals surface area contributed by atoms with Crippen LogP contribution in [0.3, 0.4) is 0 Å². The zero-order valence-electron chi connectivity index (χ0n) is 17.8. The molecule has 1 N–H and O–H groups in total. The zero-order valence-corrected chi connectivity index (χ0v) is 17.8. The molecule has 0 aliphatic carbocycles. The number of halogens is 3. The average Bonchev–Trinajstić information content (AvgIpc) is 3.05. The second-order valence-corrected chi connectivity index (χ2v) is 8.36. The largest absolute Gasteiger partial charge is 0.478 e. The number of para-hydroxylation sites is 1. The van der Waals surface area contributed by atoms with Gasteiger partial charge in [-0.1, -0.05) is 18.2 Å². The average molecular weight is 438 g/mol. The third kappa shape index (κ3) is 3.98. The lowest BCUT2D eigenvalue weighted by molar-refractivity contribution is -0.131. The van der Waals surface area contributed by atoms with Gasteiger partial charge in [-0.3, -0.25) is 0 Å². The first-order chi connectivity index (χ1) is 15.0. The highest BCUT2D eigenvalue weighted by atomic mass is 19.1.